The molecule has 1 fully saturated rings. The van der Waals surface area contributed by atoms with Gasteiger partial charge in [0.05, 0.1) is 11.6 Å². The van der Waals surface area contributed by atoms with E-state index in [9.17, 15) is 8.42 Å². The van der Waals surface area contributed by atoms with Gasteiger partial charge in [-0.15, -0.1) is 11.3 Å². The third-order valence-corrected chi connectivity index (χ3v) is 7.59. The molecular formula is C20H23N5O2S2. The van der Waals surface area contributed by atoms with Gasteiger partial charge in [0.2, 0.25) is 10.0 Å². The molecule has 1 aliphatic carbocycles. The van der Waals surface area contributed by atoms with Crippen LogP contribution in [0.1, 0.15) is 29.7 Å². The van der Waals surface area contributed by atoms with Crippen LogP contribution in [0.3, 0.4) is 0 Å². The van der Waals surface area contributed by atoms with Crippen LogP contribution >= 0.6 is 11.3 Å². The largest absolute Gasteiger partial charge is 0.356 e. The zero-order valence-electron chi connectivity index (χ0n) is 16.3. The van der Waals surface area contributed by atoms with E-state index in [4.69, 9.17) is 9.97 Å². The zero-order valence-corrected chi connectivity index (χ0v) is 17.9. The monoisotopic (exact) mass is 429 g/mol. The number of pyridine rings is 1. The van der Waals surface area contributed by atoms with Crippen LogP contribution in [-0.2, 0) is 22.9 Å². The SMILES string of the molecule is CS(=O)(=O)NC1CCN(c2nc(-c3cccnc3)nc3sc4c(c23)CCC4)CC1. The van der Waals surface area contributed by atoms with E-state index in [1.54, 1.807) is 23.7 Å². The lowest BCUT2D eigenvalue weighted by Crippen LogP contribution is -2.44. The standard InChI is InChI=1S/C20H23N5O2S2/c1-29(26,27)24-14-7-10-25(11-8-14)19-17-15-5-2-6-16(15)28-20(17)23-18(22-19)13-4-3-9-21-12-13/h3-4,9,12,14,24H,2,5-8,10-11H2,1H3. The normalized spacial score (nSPS) is 17.8. The summed E-state index contributed by atoms with van der Waals surface area (Å²) >= 11 is 1.79. The van der Waals surface area contributed by atoms with E-state index in [1.165, 1.54) is 28.5 Å². The molecule has 0 aromatic carbocycles. The predicted molar refractivity (Wildman–Crippen MR) is 116 cm³/mol. The van der Waals surface area contributed by atoms with E-state index >= 15 is 0 Å². The number of anilines is 1. The summed E-state index contributed by atoms with van der Waals surface area (Å²) in [6.45, 7) is 1.55. The Morgan fingerprint density at radius 2 is 2.03 bits per heavy atom. The van der Waals surface area contributed by atoms with Crippen LogP contribution < -0.4 is 9.62 Å². The number of aryl methyl sites for hydroxylation is 2. The van der Waals surface area contributed by atoms with E-state index in [-0.39, 0.29) is 6.04 Å². The number of aromatic nitrogens is 3. The number of hydrogen-bond acceptors (Lipinski definition) is 7. The molecule has 0 bridgehead atoms. The van der Waals surface area contributed by atoms with Crippen LogP contribution in [0.5, 0.6) is 0 Å². The van der Waals surface area contributed by atoms with Crippen molar-refractivity contribution < 1.29 is 8.42 Å². The molecule has 2 aliphatic rings. The second-order valence-corrected chi connectivity index (χ2v) is 10.7. The summed E-state index contributed by atoms with van der Waals surface area (Å²) in [7, 11) is -3.18. The number of sulfonamides is 1. The Bertz CT molecular complexity index is 1150. The van der Waals surface area contributed by atoms with Crippen LogP contribution in [0.2, 0.25) is 0 Å². The average molecular weight is 430 g/mol. The van der Waals surface area contributed by atoms with Crippen molar-refractivity contribution in [2.24, 2.45) is 0 Å². The number of fused-ring (bicyclic) bond motifs is 3. The van der Waals surface area contributed by atoms with Gasteiger partial charge in [-0.3, -0.25) is 4.98 Å². The van der Waals surface area contributed by atoms with Crippen LogP contribution in [0, 0.1) is 0 Å². The maximum atomic E-state index is 11.6. The fraction of sp³-hybridized carbons (Fsp3) is 0.450. The van der Waals surface area contributed by atoms with Crippen LogP contribution in [0.25, 0.3) is 21.6 Å². The van der Waals surface area contributed by atoms with Crippen molar-refractivity contribution >= 4 is 37.4 Å². The first-order valence-corrected chi connectivity index (χ1v) is 12.6. The first kappa shape index (κ1) is 18.9. The Kier molecular flexibility index (Phi) is 4.76. The molecule has 0 unspecified atom stereocenters. The second-order valence-electron chi connectivity index (χ2n) is 7.80. The van der Waals surface area contributed by atoms with Crippen LogP contribution in [0.15, 0.2) is 24.5 Å². The molecule has 1 N–H and O–H groups in total. The third-order valence-electron chi connectivity index (χ3n) is 5.64. The molecule has 0 spiro atoms. The first-order chi connectivity index (χ1) is 14.0. The average Bonchev–Trinajstić information content (AvgIpc) is 3.28. The van der Waals surface area contributed by atoms with Gasteiger partial charge < -0.3 is 4.90 Å². The molecule has 1 aliphatic heterocycles. The second kappa shape index (κ2) is 7.30. The fourth-order valence-corrected chi connectivity index (χ4v) is 6.44. The molecule has 0 atom stereocenters. The fourth-order valence-electron chi connectivity index (χ4n) is 4.34. The van der Waals surface area contributed by atoms with Gasteiger partial charge in [0.15, 0.2) is 5.82 Å². The first-order valence-electron chi connectivity index (χ1n) is 9.93. The van der Waals surface area contributed by atoms with E-state index in [0.29, 0.717) is 5.82 Å². The summed E-state index contributed by atoms with van der Waals surface area (Å²) in [4.78, 5) is 18.9. The Morgan fingerprint density at radius 1 is 1.21 bits per heavy atom. The molecule has 29 heavy (non-hydrogen) atoms. The van der Waals surface area contributed by atoms with Crippen molar-refractivity contribution in [1.82, 2.24) is 19.7 Å². The number of thiophene rings is 1. The van der Waals surface area contributed by atoms with E-state index in [1.807, 2.05) is 12.1 Å². The van der Waals surface area contributed by atoms with Gasteiger partial charge >= 0.3 is 0 Å². The molecule has 1 saturated heterocycles. The lowest BCUT2D eigenvalue weighted by atomic mass is 10.1. The minimum Gasteiger partial charge on any atom is -0.356 e. The van der Waals surface area contributed by atoms with Crippen molar-refractivity contribution in [3.63, 3.8) is 0 Å². The molecule has 3 aromatic rings. The molecule has 0 amide bonds. The molecule has 7 nitrogen and oxygen atoms in total. The number of hydrogen-bond donors (Lipinski definition) is 1. The van der Waals surface area contributed by atoms with Crippen molar-refractivity contribution in [2.45, 2.75) is 38.1 Å². The number of piperidine rings is 1. The summed E-state index contributed by atoms with van der Waals surface area (Å²) in [5, 5.41) is 1.20. The summed E-state index contributed by atoms with van der Waals surface area (Å²) in [6, 6.07) is 3.88. The van der Waals surface area contributed by atoms with Crippen molar-refractivity contribution in [2.75, 3.05) is 24.2 Å². The molecule has 4 heterocycles. The van der Waals surface area contributed by atoms with Gasteiger partial charge in [-0.1, -0.05) is 0 Å². The highest BCUT2D eigenvalue weighted by molar-refractivity contribution is 7.88. The Balaban J connectivity index is 1.54. The summed E-state index contributed by atoms with van der Waals surface area (Å²) in [5.41, 5.74) is 2.33. The molecule has 5 rings (SSSR count). The van der Waals surface area contributed by atoms with E-state index in [2.05, 4.69) is 14.6 Å². The zero-order chi connectivity index (χ0) is 20.0. The van der Waals surface area contributed by atoms with E-state index in [0.717, 1.165) is 55.0 Å². The molecular weight excluding hydrogens is 406 g/mol. The minimum absolute atomic E-state index is 0.00967. The quantitative estimate of drug-likeness (QED) is 0.686. The Morgan fingerprint density at radius 3 is 2.76 bits per heavy atom. The van der Waals surface area contributed by atoms with Gasteiger partial charge in [0, 0.05) is 42.0 Å². The van der Waals surface area contributed by atoms with Crippen LogP contribution in [0.4, 0.5) is 5.82 Å². The molecule has 152 valence electrons. The topological polar surface area (TPSA) is 88.1 Å². The lowest BCUT2D eigenvalue weighted by Gasteiger charge is -2.33. The lowest BCUT2D eigenvalue weighted by molar-refractivity contribution is 0.460. The highest BCUT2D eigenvalue weighted by Gasteiger charge is 2.28. The van der Waals surface area contributed by atoms with E-state index < -0.39 is 10.0 Å². The van der Waals surface area contributed by atoms with Crippen molar-refractivity contribution in [3.8, 4) is 11.4 Å². The van der Waals surface area contributed by atoms with Gasteiger partial charge in [0.25, 0.3) is 0 Å². The molecule has 0 radical (unpaired) electrons. The molecule has 9 heteroatoms. The molecule has 0 saturated carbocycles. The van der Waals surface area contributed by atoms with Gasteiger partial charge in [0.1, 0.15) is 10.6 Å². The summed E-state index contributed by atoms with van der Waals surface area (Å²) in [6.07, 6.45) is 9.72. The third kappa shape index (κ3) is 3.74. The maximum Gasteiger partial charge on any atom is 0.208 e. The number of nitrogens with one attached hydrogen (secondary N) is 1. The van der Waals surface area contributed by atoms with Gasteiger partial charge in [-0.2, -0.15) is 0 Å². The van der Waals surface area contributed by atoms with Crippen LogP contribution in [-0.4, -0.2) is 48.8 Å². The Labute approximate surface area is 174 Å². The van der Waals surface area contributed by atoms with Crippen molar-refractivity contribution in [1.29, 1.82) is 0 Å². The minimum atomic E-state index is -3.18. The maximum absolute atomic E-state index is 11.6. The predicted octanol–water partition coefficient (Wildman–Crippen LogP) is 2.76. The Hall–Kier alpha value is -2.10. The smallest absolute Gasteiger partial charge is 0.208 e. The number of nitrogens with zero attached hydrogens (tertiary/aromatic N) is 4. The highest BCUT2D eigenvalue weighted by atomic mass is 32.2. The number of rotatable bonds is 4. The summed E-state index contributed by atoms with van der Waals surface area (Å²) < 4.78 is 25.9. The summed E-state index contributed by atoms with van der Waals surface area (Å²) in [5.74, 6) is 1.70. The van der Waals surface area contributed by atoms with Crippen molar-refractivity contribution in [3.05, 3.63) is 35.0 Å². The van der Waals surface area contributed by atoms with Gasteiger partial charge in [-0.05, 0) is 49.8 Å². The van der Waals surface area contributed by atoms with Gasteiger partial charge in [-0.25, -0.2) is 23.1 Å². The highest BCUT2D eigenvalue weighted by Crippen LogP contribution is 2.42. The molecule has 3 aromatic heterocycles.